The minimum Gasteiger partial charge on any atom is -0.394 e. The molecule has 100 valence electrons. The summed E-state index contributed by atoms with van der Waals surface area (Å²) in [6, 6.07) is 0.616. The van der Waals surface area contributed by atoms with Gasteiger partial charge >= 0.3 is 0 Å². The Morgan fingerprint density at radius 3 is 2.29 bits per heavy atom. The van der Waals surface area contributed by atoms with Crippen LogP contribution in [0.3, 0.4) is 0 Å². The van der Waals surface area contributed by atoms with Crippen LogP contribution in [0, 0.1) is 0 Å². The van der Waals surface area contributed by atoms with Crippen LogP contribution in [0.5, 0.6) is 0 Å². The van der Waals surface area contributed by atoms with Gasteiger partial charge in [0.2, 0.25) is 0 Å². The number of hydrogen-bond acceptors (Lipinski definition) is 3. The van der Waals surface area contributed by atoms with Crippen LogP contribution >= 0.6 is 0 Å². The molecule has 0 spiro atoms. The zero-order valence-electron chi connectivity index (χ0n) is 11.1. The first-order valence-electron chi connectivity index (χ1n) is 7.22. The van der Waals surface area contributed by atoms with Gasteiger partial charge in [0.15, 0.2) is 0 Å². The zero-order valence-corrected chi connectivity index (χ0v) is 11.1. The maximum atomic E-state index is 9.50. The monoisotopic (exact) mass is 241 g/mol. The molecule has 0 aliphatic heterocycles. The van der Waals surface area contributed by atoms with Gasteiger partial charge in [-0.3, -0.25) is 0 Å². The molecular formula is C14H27NO2. The lowest BCUT2D eigenvalue weighted by Crippen LogP contribution is -2.51. The van der Waals surface area contributed by atoms with Gasteiger partial charge < -0.3 is 15.2 Å². The average molecular weight is 241 g/mol. The lowest BCUT2D eigenvalue weighted by Gasteiger charge is -2.30. The molecule has 1 atom stereocenters. The predicted octanol–water partition coefficient (Wildman–Crippen LogP) is 2.23. The largest absolute Gasteiger partial charge is 0.394 e. The van der Waals surface area contributed by atoms with E-state index in [0.717, 1.165) is 0 Å². The molecule has 0 amide bonds. The maximum absolute atomic E-state index is 9.50. The van der Waals surface area contributed by atoms with Gasteiger partial charge in [-0.05, 0) is 32.6 Å². The Labute approximate surface area is 105 Å². The van der Waals surface area contributed by atoms with Crippen LogP contribution in [0.2, 0.25) is 0 Å². The molecule has 2 fully saturated rings. The highest BCUT2D eigenvalue weighted by molar-refractivity contribution is 4.92. The molecule has 0 saturated heterocycles. The van der Waals surface area contributed by atoms with E-state index >= 15 is 0 Å². The molecule has 0 bridgehead atoms. The van der Waals surface area contributed by atoms with E-state index in [9.17, 15) is 5.11 Å². The quantitative estimate of drug-likeness (QED) is 0.701. The Balaban J connectivity index is 1.73. The van der Waals surface area contributed by atoms with Crippen molar-refractivity contribution in [2.45, 2.75) is 76.0 Å². The van der Waals surface area contributed by atoms with Crippen molar-refractivity contribution >= 4 is 0 Å². The normalized spacial score (nSPS) is 26.5. The zero-order chi connectivity index (χ0) is 12.1. The topological polar surface area (TPSA) is 41.5 Å². The van der Waals surface area contributed by atoms with E-state index in [1.807, 2.05) is 0 Å². The van der Waals surface area contributed by atoms with Crippen LogP contribution in [0.4, 0.5) is 0 Å². The van der Waals surface area contributed by atoms with E-state index in [1.54, 1.807) is 0 Å². The molecule has 0 radical (unpaired) electrons. The van der Waals surface area contributed by atoms with Crippen LogP contribution in [0.1, 0.15) is 58.3 Å². The molecule has 1 unspecified atom stereocenters. The molecule has 2 aliphatic carbocycles. The first-order valence-corrected chi connectivity index (χ1v) is 7.22. The van der Waals surface area contributed by atoms with Crippen molar-refractivity contribution in [2.24, 2.45) is 0 Å². The van der Waals surface area contributed by atoms with Crippen molar-refractivity contribution in [1.82, 2.24) is 5.32 Å². The summed E-state index contributed by atoms with van der Waals surface area (Å²) in [6.45, 7) is 2.88. The number of aliphatic hydroxyl groups excluding tert-OH is 1. The van der Waals surface area contributed by atoms with Gasteiger partial charge in [-0.2, -0.15) is 0 Å². The number of nitrogens with one attached hydrogen (secondary N) is 1. The van der Waals surface area contributed by atoms with Gasteiger partial charge in [-0.15, -0.1) is 0 Å². The van der Waals surface area contributed by atoms with Crippen LogP contribution < -0.4 is 5.32 Å². The average Bonchev–Trinajstić information content (AvgIpc) is 3.13. The summed E-state index contributed by atoms with van der Waals surface area (Å²) in [5.41, 5.74) is -0.243. The molecule has 2 saturated carbocycles. The first-order chi connectivity index (χ1) is 8.22. The summed E-state index contributed by atoms with van der Waals surface area (Å²) in [7, 11) is 0. The third-order valence-corrected chi connectivity index (χ3v) is 3.92. The van der Waals surface area contributed by atoms with E-state index in [1.165, 1.54) is 51.4 Å². The highest BCUT2D eigenvalue weighted by Crippen LogP contribution is 2.24. The molecule has 0 aromatic heterocycles. The number of rotatable bonds is 6. The predicted molar refractivity (Wildman–Crippen MR) is 69.1 cm³/mol. The van der Waals surface area contributed by atoms with Crippen molar-refractivity contribution in [3.8, 4) is 0 Å². The second-order valence-electron chi connectivity index (χ2n) is 6.06. The minimum absolute atomic E-state index is 0.163. The van der Waals surface area contributed by atoms with Crippen molar-refractivity contribution < 1.29 is 9.84 Å². The smallest absolute Gasteiger partial charge is 0.0671 e. The lowest BCUT2D eigenvalue weighted by molar-refractivity contribution is -0.0104. The molecule has 17 heavy (non-hydrogen) atoms. The van der Waals surface area contributed by atoms with E-state index in [2.05, 4.69) is 12.2 Å². The van der Waals surface area contributed by atoms with Gasteiger partial charge in [-0.1, -0.05) is 25.7 Å². The van der Waals surface area contributed by atoms with E-state index < -0.39 is 0 Å². The first kappa shape index (κ1) is 13.3. The Bertz CT molecular complexity index is 222. The Hall–Kier alpha value is -0.120. The molecular weight excluding hydrogens is 214 g/mol. The van der Waals surface area contributed by atoms with Crippen molar-refractivity contribution in [2.75, 3.05) is 13.2 Å². The third-order valence-electron chi connectivity index (χ3n) is 3.92. The summed E-state index contributed by atoms with van der Waals surface area (Å²) < 4.78 is 6.03. The summed E-state index contributed by atoms with van der Waals surface area (Å²) in [4.78, 5) is 0. The van der Waals surface area contributed by atoms with Crippen molar-refractivity contribution in [1.29, 1.82) is 0 Å². The molecule has 2 aliphatic rings. The van der Waals surface area contributed by atoms with Gasteiger partial charge in [-0.25, -0.2) is 0 Å². The second kappa shape index (κ2) is 6.17. The molecule has 0 heterocycles. The summed E-state index contributed by atoms with van der Waals surface area (Å²) >= 11 is 0. The van der Waals surface area contributed by atoms with E-state index in [4.69, 9.17) is 4.74 Å². The summed E-state index contributed by atoms with van der Waals surface area (Å²) in [5, 5.41) is 13.0. The number of ether oxygens (including phenoxy) is 1. The van der Waals surface area contributed by atoms with Gasteiger partial charge in [0, 0.05) is 6.04 Å². The molecule has 3 nitrogen and oxygen atoms in total. The number of hydrogen-bond donors (Lipinski definition) is 2. The fourth-order valence-corrected chi connectivity index (χ4v) is 2.56. The number of aliphatic hydroxyl groups is 1. The molecule has 0 aromatic rings. The Kier molecular flexibility index (Phi) is 4.83. The lowest BCUT2D eigenvalue weighted by atomic mass is 10.0. The minimum atomic E-state index is -0.243. The van der Waals surface area contributed by atoms with E-state index in [0.29, 0.717) is 18.8 Å². The maximum Gasteiger partial charge on any atom is 0.0671 e. The molecule has 2 N–H and O–H groups in total. The molecule has 0 aromatic carbocycles. The van der Waals surface area contributed by atoms with Gasteiger partial charge in [0.1, 0.15) is 0 Å². The molecule has 2 rings (SSSR count). The Morgan fingerprint density at radius 2 is 1.76 bits per heavy atom. The fourth-order valence-electron chi connectivity index (χ4n) is 2.56. The SMILES string of the molecule is CC(CO)(COC1CCCCCC1)NC1CC1. The van der Waals surface area contributed by atoms with Crippen molar-refractivity contribution in [3.63, 3.8) is 0 Å². The highest BCUT2D eigenvalue weighted by Gasteiger charge is 2.32. The second-order valence-corrected chi connectivity index (χ2v) is 6.06. The van der Waals surface area contributed by atoms with Crippen LogP contribution in [-0.4, -0.2) is 36.0 Å². The Morgan fingerprint density at radius 1 is 1.12 bits per heavy atom. The molecule has 3 heteroatoms. The van der Waals surface area contributed by atoms with Gasteiger partial charge in [0.25, 0.3) is 0 Å². The van der Waals surface area contributed by atoms with Crippen molar-refractivity contribution in [3.05, 3.63) is 0 Å². The van der Waals surface area contributed by atoms with Gasteiger partial charge in [0.05, 0.1) is 24.9 Å². The standard InChI is InChI=1S/C14H27NO2/c1-14(10-16,15-12-8-9-12)11-17-13-6-4-2-3-5-7-13/h12-13,15-16H,2-11H2,1H3. The highest BCUT2D eigenvalue weighted by atomic mass is 16.5. The fraction of sp³-hybridized carbons (Fsp3) is 1.00. The third kappa shape index (κ3) is 4.57. The van der Waals surface area contributed by atoms with Crippen LogP contribution in [0.15, 0.2) is 0 Å². The van der Waals surface area contributed by atoms with E-state index in [-0.39, 0.29) is 12.1 Å². The van der Waals surface area contributed by atoms with Crippen LogP contribution in [-0.2, 0) is 4.74 Å². The van der Waals surface area contributed by atoms with Crippen LogP contribution in [0.25, 0.3) is 0 Å². The summed E-state index contributed by atoms with van der Waals surface area (Å²) in [6.07, 6.45) is 10.6. The summed E-state index contributed by atoms with van der Waals surface area (Å²) in [5.74, 6) is 0.